The Labute approximate surface area is 123 Å². The third-order valence-corrected chi connectivity index (χ3v) is 3.26. The summed E-state index contributed by atoms with van der Waals surface area (Å²) in [5.41, 5.74) is -1.26. The molecule has 7 heteroatoms. The number of hydrogen-bond acceptors (Lipinski definition) is 7. The second kappa shape index (κ2) is 7.40. The van der Waals surface area contributed by atoms with Gasteiger partial charge in [0.2, 0.25) is 0 Å². The van der Waals surface area contributed by atoms with Crippen LogP contribution in [0.5, 0.6) is 0 Å². The smallest absolute Gasteiger partial charge is 0.341 e. The van der Waals surface area contributed by atoms with Gasteiger partial charge < -0.3 is 18.9 Å². The lowest BCUT2D eigenvalue weighted by atomic mass is 9.92. The minimum absolute atomic E-state index is 0.134. The maximum Gasteiger partial charge on any atom is 0.341 e. The highest BCUT2D eigenvalue weighted by Gasteiger charge is 2.63. The van der Waals surface area contributed by atoms with Gasteiger partial charge in [0.25, 0.3) is 0 Å². The van der Waals surface area contributed by atoms with Crippen LogP contribution in [0.1, 0.15) is 34.1 Å². The molecular formula is C14H22O7. The second-order valence-corrected chi connectivity index (χ2v) is 4.63. The van der Waals surface area contributed by atoms with E-state index in [1.807, 2.05) is 0 Å². The molecule has 1 saturated heterocycles. The summed E-state index contributed by atoms with van der Waals surface area (Å²) in [7, 11) is 0. The van der Waals surface area contributed by atoms with Crippen molar-refractivity contribution >= 4 is 17.9 Å². The van der Waals surface area contributed by atoms with Crippen molar-refractivity contribution in [2.75, 3.05) is 19.8 Å². The van der Waals surface area contributed by atoms with Crippen LogP contribution in [-0.4, -0.2) is 49.4 Å². The van der Waals surface area contributed by atoms with Gasteiger partial charge in [0, 0.05) is 6.42 Å². The lowest BCUT2D eigenvalue weighted by Crippen LogP contribution is -2.38. The van der Waals surface area contributed by atoms with Gasteiger partial charge in [-0.1, -0.05) is 0 Å². The molecule has 1 rings (SSSR count). The Balaban J connectivity index is 2.86. The van der Waals surface area contributed by atoms with E-state index in [2.05, 4.69) is 0 Å². The fourth-order valence-corrected chi connectivity index (χ4v) is 2.10. The van der Waals surface area contributed by atoms with Gasteiger partial charge in [0.1, 0.15) is 0 Å². The molecule has 1 fully saturated rings. The Morgan fingerprint density at radius 1 is 1.00 bits per heavy atom. The van der Waals surface area contributed by atoms with E-state index in [0.29, 0.717) is 0 Å². The minimum atomic E-state index is -1.26. The fraction of sp³-hybridized carbons (Fsp3) is 0.786. The summed E-state index contributed by atoms with van der Waals surface area (Å²) < 4.78 is 20.0. The monoisotopic (exact) mass is 302 g/mol. The first-order valence-corrected chi connectivity index (χ1v) is 7.11. The van der Waals surface area contributed by atoms with Crippen LogP contribution in [0.25, 0.3) is 0 Å². The van der Waals surface area contributed by atoms with E-state index in [-0.39, 0.29) is 26.2 Å². The normalized spacial score (nSPS) is 23.6. The van der Waals surface area contributed by atoms with E-state index in [1.165, 1.54) is 0 Å². The van der Waals surface area contributed by atoms with Gasteiger partial charge >= 0.3 is 17.9 Å². The van der Waals surface area contributed by atoms with Crippen LogP contribution in [0.2, 0.25) is 0 Å². The van der Waals surface area contributed by atoms with Crippen LogP contribution >= 0.6 is 0 Å². The topological polar surface area (TPSA) is 91.4 Å². The predicted octanol–water partition coefficient (Wildman–Crippen LogP) is 0.840. The third-order valence-electron chi connectivity index (χ3n) is 3.26. The Morgan fingerprint density at radius 3 is 1.76 bits per heavy atom. The first kappa shape index (κ1) is 17.4. The average molecular weight is 302 g/mol. The van der Waals surface area contributed by atoms with Crippen molar-refractivity contribution in [1.29, 1.82) is 0 Å². The first-order valence-electron chi connectivity index (χ1n) is 7.11. The fourth-order valence-electron chi connectivity index (χ4n) is 2.10. The zero-order valence-corrected chi connectivity index (χ0v) is 12.8. The van der Waals surface area contributed by atoms with Gasteiger partial charge in [-0.05, 0) is 27.7 Å². The summed E-state index contributed by atoms with van der Waals surface area (Å²) in [6, 6.07) is 0. The Kier molecular flexibility index (Phi) is 6.14. The van der Waals surface area contributed by atoms with Crippen LogP contribution in [0.15, 0.2) is 0 Å². The van der Waals surface area contributed by atoms with Gasteiger partial charge in [-0.2, -0.15) is 0 Å². The largest absolute Gasteiger partial charge is 0.465 e. The second-order valence-electron chi connectivity index (χ2n) is 4.63. The molecule has 0 aromatic rings. The van der Waals surface area contributed by atoms with Gasteiger partial charge in [-0.25, -0.2) is 4.79 Å². The van der Waals surface area contributed by atoms with E-state index in [9.17, 15) is 14.4 Å². The van der Waals surface area contributed by atoms with Crippen molar-refractivity contribution in [1.82, 2.24) is 0 Å². The molecule has 0 saturated carbocycles. The van der Waals surface area contributed by atoms with Crippen LogP contribution < -0.4 is 0 Å². The molecule has 0 radical (unpaired) electrons. The minimum Gasteiger partial charge on any atom is -0.465 e. The van der Waals surface area contributed by atoms with E-state index < -0.39 is 35.5 Å². The standard InChI is InChI=1S/C14H22O7/c1-5-18-11(15)10(12(16)19-6-2)8-14(9(4)21-14)13(17)20-7-3/h9-10H,5-8H2,1-4H3. The highest BCUT2D eigenvalue weighted by atomic mass is 16.7. The molecule has 0 aromatic heterocycles. The van der Waals surface area contributed by atoms with Crippen molar-refractivity contribution in [3.05, 3.63) is 0 Å². The molecule has 0 aromatic carbocycles. The van der Waals surface area contributed by atoms with Crippen molar-refractivity contribution in [2.45, 2.75) is 45.8 Å². The maximum absolute atomic E-state index is 12.0. The molecule has 1 aliphatic rings. The van der Waals surface area contributed by atoms with E-state index in [1.54, 1.807) is 27.7 Å². The number of hydrogen-bond donors (Lipinski definition) is 0. The molecule has 120 valence electrons. The molecule has 0 amide bonds. The average Bonchev–Trinajstić information content (AvgIpc) is 3.08. The summed E-state index contributed by atoms with van der Waals surface area (Å²) in [6.45, 7) is 7.10. The summed E-state index contributed by atoms with van der Waals surface area (Å²) in [4.78, 5) is 35.8. The molecule has 0 spiro atoms. The molecule has 0 N–H and O–H groups in total. The Bertz CT molecular complexity index is 388. The maximum atomic E-state index is 12.0. The van der Waals surface area contributed by atoms with Crippen LogP contribution in [0.3, 0.4) is 0 Å². The molecule has 0 aliphatic carbocycles. The SMILES string of the molecule is CCOC(=O)C(CC1(C(=O)OCC)OC1C)C(=O)OCC. The van der Waals surface area contributed by atoms with E-state index >= 15 is 0 Å². The summed E-state index contributed by atoms with van der Waals surface area (Å²) in [5, 5.41) is 0. The predicted molar refractivity (Wildman–Crippen MR) is 71.3 cm³/mol. The molecule has 7 nitrogen and oxygen atoms in total. The number of epoxide rings is 1. The van der Waals surface area contributed by atoms with Crippen LogP contribution in [-0.2, 0) is 33.3 Å². The number of carbonyl (C=O) groups excluding carboxylic acids is 3. The zero-order chi connectivity index (χ0) is 16.0. The summed E-state index contributed by atoms with van der Waals surface area (Å²) >= 11 is 0. The van der Waals surface area contributed by atoms with Gasteiger partial charge in [0.05, 0.1) is 25.9 Å². The molecule has 1 aliphatic heterocycles. The number of esters is 3. The van der Waals surface area contributed by atoms with Gasteiger partial charge in [-0.3, -0.25) is 9.59 Å². The molecular weight excluding hydrogens is 280 g/mol. The van der Waals surface area contributed by atoms with Gasteiger partial charge in [-0.15, -0.1) is 0 Å². The first-order chi connectivity index (χ1) is 9.92. The lowest BCUT2D eigenvalue weighted by Gasteiger charge is -2.18. The van der Waals surface area contributed by atoms with E-state index in [4.69, 9.17) is 18.9 Å². The Morgan fingerprint density at radius 2 is 1.43 bits per heavy atom. The van der Waals surface area contributed by atoms with Crippen molar-refractivity contribution in [2.24, 2.45) is 5.92 Å². The molecule has 1 heterocycles. The van der Waals surface area contributed by atoms with Crippen LogP contribution in [0.4, 0.5) is 0 Å². The zero-order valence-electron chi connectivity index (χ0n) is 12.8. The number of ether oxygens (including phenoxy) is 4. The quantitative estimate of drug-likeness (QED) is 0.284. The molecule has 2 atom stereocenters. The number of carbonyl (C=O) groups is 3. The van der Waals surface area contributed by atoms with Crippen molar-refractivity contribution in [3.63, 3.8) is 0 Å². The number of rotatable bonds is 8. The molecule has 0 bridgehead atoms. The third kappa shape index (κ3) is 3.93. The lowest BCUT2D eigenvalue weighted by molar-refractivity contribution is -0.164. The van der Waals surface area contributed by atoms with Crippen molar-refractivity contribution in [3.8, 4) is 0 Å². The highest BCUT2D eigenvalue weighted by Crippen LogP contribution is 2.43. The molecule has 21 heavy (non-hydrogen) atoms. The van der Waals surface area contributed by atoms with E-state index in [0.717, 1.165) is 0 Å². The molecule has 2 unspecified atom stereocenters. The highest BCUT2D eigenvalue weighted by molar-refractivity contribution is 5.96. The van der Waals surface area contributed by atoms with Gasteiger partial charge in [0.15, 0.2) is 11.5 Å². The summed E-state index contributed by atoms with van der Waals surface area (Å²) in [5.74, 6) is -3.21. The van der Waals surface area contributed by atoms with Crippen molar-refractivity contribution < 1.29 is 33.3 Å². The Hall–Kier alpha value is -1.63. The van der Waals surface area contributed by atoms with Crippen LogP contribution in [0, 0.1) is 5.92 Å². The summed E-state index contributed by atoms with van der Waals surface area (Å²) in [6.07, 6.45) is -0.548.